The van der Waals surface area contributed by atoms with Crippen LogP contribution in [0.3, 0.4) is 0 Å². The van der Waals surface area contributed by atoms with Gasteiger partial charge in [-0.2, -0.15) is 5.10 Å². The lowest BCUT2D eigenvalue weighted by Crippen LogP contribution is -2.49. The summed E-state index contributed by atoms with van der Waals surface area (Å²) in [5.74, 6) is 0. The Morgan fingerprint density at radius 2 is 2.19 bits per heavy atom. The molecule has 6 nitrogen and oxygen atoms in total. The van der Waals surface area contributed by atoms with Gasteiger partial charge in [-0.3, -0.25) is 4.79 Å². The summed E-state index contributed by atoms with van der Waals surface area (Å²) in [5.41, 5.74) is -0.725. The van der Waals surface area contributed by atoms with Crippen LogP contribution in [0.1, 0.15) is 38.1 Å². The van der Waals surface area contributed by atoms with Gasteiger partial charge in [-0.05, 0) is 18.9 Å². The number of rotatable bonds is 4. The van der Waals surface area contributed by atoms with Crippen LogP contribution >= 0.6 is 0 Å². The molecule has 0 bridgehead atoms. The van der Waals surface area contributed by atoms with Crippen molar-refractivity contribution in [2.45, 2.75) is 49.8 Å². The van der Waals surface area contributed by atoms with Gasteiger partial charge in [-0.25, -0.2) is 4.68 Å². The monoisotopic (exact) mass is 293 g/mol. The highest BCUT2D eigenvalue weighted by Crippen LogP contribution is 2.28. The van der Waals surface area contributed by atoms with Crippen molar-refractivity contribution in [2.24, 2.45) is 0 Å². The van der Waals surface area contributed by atoms with Crippen LogP contribution in [0.25, 0.3) is 0 Å². The van der Waals surface area contributed by atoms with E-state index >= 15 is 0 Å². The summed E-state index contributed by atoms with van der Waals surface area (Å²) in [7, 11) is 0. The molecule has 1 saturated carbocycles. The first kappa shape index (κ1) is 14.7. The van der Waals surface area contributed by atoms with Crippen LogP contribution in [0.4, 0.5) is 0 Å². The lowest BCUT2D eigenvalue weighted by Gasteiger charge is -2.34. The topological polar surface area (TPSA) is 76.4 Å². The van der Waals surface area contributed by atoms with E-state index < -0.39 is 5.60 Å². The van der Waals surface area contributed by atoms with Gasteiger partial charge >= 0.3 is 0 Å². The molecule has 1 saturated heterocycles. The molecule has 2 aliphatic rings. The number of nitrogens with one attached hydrogen (secondary N) is 1. The number of aliphatic hydroxyl groups is 1. The standard InChI is InChI=1S/C15H23N3O3/c19-14-5-4-8-17-18(14)13-10-21-9-12(13)16-11-15(20)6-2-1-3-7-15/h4-5,8,12-13,16,20H,1-3,6-7,9-11H2. The Morgan fingerprint density at radius 1 is 1.38 bits per heavy atom. The van der Waals surface area contributed by atoms with Gasteiger partial charge in [0.2, 0.25) is 0 Å². The molecule has 0 aromatic carbocycles. The Labute approximate surface area is 124 Å². The van der Waals surface area contributed by atoms with Crippen LogP contribution < -0.4 is 10.9 Å². The normalized spacial score (nSPS) is 28.6. The average molecular weight is 293 g/mol. The molecule has 2 atom stereocenters. The predicted molar refractivity (Wildman–Crippen MR) is 78.2 cm³/mol. The summed E-state index contributed by atoms with van der Waals surface area (Å²) < 4.78 is 6.99. The third kappa shape index (κ3) is 3.33. The fraction of sp³-hybridized carbons (Fsp3) is 0.733. The summed E-state index contributed by atoms with van der Waals surface area (Å²) in [6, 6.07) is 3.06. The van der Waals surface area contributed by atoms with E-state index in [1.54, 1.807) is 12.3 Å². The lowest BCUT2D eigenvalue weighted by atomic mass is 9.84. The number of nitrogens with zero attached hydrogens (tertiary/aromatic N) is 2. The maximum absolute atomic E-state index is 11.9. The molecule has 116 valence electrons. The number of aromatic nitrogens is 2. The van der Waals surface area contributed by atoms with E-state index in [4.69, 9.17) is 4.74 Å². The molecule has 1 aliphatic heterocycles. The number of hydrogen-bond acceptors (Lipinski definition) is 5. The summed E-state index contributed by atoms with van der Waals surface area (Å²) in [6.07, 6.45) is 6.70. The molecule has 21 heavy (non-hydrogen) atoms. The minimum atomic E-state index is -0.611. The summed E-state index contributed by atoms with van der Waals surface area (Å²) >= 11 is 0. The third-order valence-electron chi connectivity index (χ3n) is 4.58. The fourth-order valence-corrected chi connectivity index (χ4v) is 3.30. The summed E-state index contributed by atoms with van der Waals surface area (Å²) in [4.78, 5) is 11.9. The zero-order chi connectivity index (χ0) is 14.7. The van der Waals surface area contributed by atoms with E-state index in [1.807, 2.05) is 0 Å². The molecule has 0 amide bonds. The average Bonchev–Trinajstić information content (AvgIpc) is 2.95. The van der Waals surface area contributed by atoms with E-state index in [9.17, 15) is 9.90 Å². The Balaban J connectivity index is 1.65. The van der Waals surface area contributed by atoms with Gasteiger partial charge in [0.25, 0.3) is 5.56 Å². The maximum Gasteiger partial charge on any atom is 0.267 e. The van der Waals surface area contributed by atoms with Gasteiger partial charge < -0.3 is 15.2 Å². The van der Waals surface area contributed by atoms with Crippen LogP contribution in [-0.4, -0.2) is 46.3 Å². The highest BCUT2D eigenvalue weighted by atomic mass is 16.5. The quantitative estimate of drug-likeness (QED) is 0.844. The van der Waals surface area contributed by atoms with Gasteiger partial charge in [-0.15, -0.1) is 0 Å². The molecule has 2 heterocycles. The maximum atomic E-state index is 11.9. The second-order valence-electron chi connectivity index (χ2n) is 6.18. The zero-order valence-electron chi connectivity index (χ0n) is 12.2. The van der Waals surface area contributed by atoms with Crippen molar-refractivity contribution in [2.75, 3.05) is 19.8 Å². The largest absolute Gasteiger partial charge is 0.389 e. The van der Waals surface area contributed by atoms with E-state index in [-0.39, 0.29) is 17.6 Å². The first-order valence-electron chi connectivity index (χ1n) is 7.75. The van der Waals surface area contributed by atoms with E-state index in [1.165, 1.54) is 17.2 Å². The van der Waals surface area contributed by atoms with Crippen molar-refractivity contribution in [1.82, 2.24) is 15.1 Å². The van der Waals surface area contributed by atoms with Crippen molar-refractivity contribution in [3.63, 3.8) is 0 Å². The number of hydrogen-bond donors (Lipinski definition) is 2. The van der Waals surface area contributed by atoms with E-state index in [0.29, 0.717) is 19.8 Å². The SMILES string of the molecule is O=c1cccnn1C1COCC1NCC1(O)CCCCC1. The predicted octanol–water partition coefficient (Wildman–Crippen LogP) is 0.468. The Morgan fingerprint density at radius 3 is 2.95 bits per heavy atom. The van der Waals surface area contributed by atoms with Crippen LogP contribution in [0.15, 0.2) is 23.1 Å². The molecule has 1 aromatic rings. The summed E-state index contributed by atoms with van der Waals surface area (Å²) in [5, 5.41) is 18.1. The molecule has 2 fully saturated rings. The smallest absolute Gasteiger partial charge is 0.267 e. The highest BCUT2D eigenvalue weighted by molar-refractivity contribution is 4.94. The van der Waals surface area contributed by atoms with Gasteiger partial charge in [0, 0.05) is 18.8 Å². The lowest BCUT2D eigenvalue weighted by molar-refractivity contribution is 0.00164. The molecule has 2 unspecified atom stereocenters. The van der Waals surface area contributed by atoms with Crippen LogP contribution in [0, 0.1) is 0 Å². The first-order chi connectivity index (χ1) is 10.2. The van der Waals surface area contributed by atoms with Gasteiger partial charge in [-0.1, -0.05) is 19.3 Å². The van der Waals surface area contributed by atoms with E-state index in [0.717, 1.165) is 25.7 Å². The van der Waals surface area contributed by atoms with Crippen molar-refractivity contribution >= 4 is 0 Å². The van der Waals surface area contributed by atoms with Gasteiger partial charge in [0.15, 0.2) is 0 Å². The molecule has 2 N–H and O–H groups in total. The molecule has 3 rings (SSSR count). The van der Waals surface area contributed by atoms with Crippen molar-refractivity contribution in [3.05, 3.63) is 28.7 Å². The molecule has 1 aromatic heterocycles. The Bertz CT molecular complexity index is 525. The minimum absolute atomic E-state index is 0.0172. The van der Waals surface area contributed by atoms with Gasteiger partial charge in [0.05, 0.1) is 30.9 Å². The first-order valence-corrected chi connectivity index (χ1v) is 7.75. The number of ether oxygens (including phenoxy) is 1. The third-order valence-corrected chi connectivity index (χ3v) is 4.58. The Kier molecular flexibility index (Phi) is 4.37. The molecular weight excluding hydrogens is 270 g/mol. The van der Waals surface area contributed by atoms with Crippen LogP contribution in [0.5, 0.6) is 0 Å². The van der Waals surface area contributed by atoms with Crippen molar-refractivity contribution in [1.29, 1.82) is 0 Å². The summed E-state index contributed by atoms with van der Waals surface area (Å²) in [6.45, 7) is 1.58. The highest BCUT2D eigenvalue weighted by Gasteiger charge is 2.35. The second-order valence-corrected chi connectivity index (χ2v) is 6.18. The van der Waals surface area contributed by atoms with Crippen LogP contribution in [-0.2, 0) is 4.74 Å². The second kappa shape index (κ2) is 6.25. The molecule has 6 heteroatoms. The van der Waals surface area contributed by atoms with Crippen LogP contribution in [0.2, 0.25) is 0 Å². The fourth-order valence-electron chi connectivity index (χ4n) is 3.30. The molecule has 0 radical (unpaired) electrons. The van der Waals surface area contributed by atoms with E-state index in [2.05, 4.69) is 10.4 Å². The van der Waals surface area contributed by atoms with Crippen molar-refractivity contribution < 1.29 is 9.84 Å². The molecular formula is C15H23N3O3. The van der Waals surface area contributed by atoms with Crippen molar-refractivity contribution in [3.8, 4) is 0 Å². The molecule has 0 spiro atoms. The minimum Gasteiger partial charge on any atom is -0.389 e. The Hall–Kier alpha value is -1.24. The zero-order valence-corrected chi connectivity index (χ0v) is 12.2. The molecule has 1 aliphatic carbocycles. The van der Waals surface area contributed by atoms with Gasteiger partial charge in [0.1, 0.15) is 0 Å².